The molecule has 3 aromatic heterocycles. The predicted molar refractivity (Wildman–Crippen MR) is 107 cm³/mol. The minimum atomic E-state index is -0.412. The zero-order chi connectivity index (χ0) is 19.5. The molecular formula is C21H17N5O2. The summed E-state index contributed by atoms with van der Waals surface area (Å²) in [5.74, 6) is -0.657. The Morgan fingerprint density at radius 1 is 1.07 bits per heavy atom. The van der Waals surface area contributed by atoms with Gasteiger partial charge in [-0.25, -0.2) is 4.98 Å². The summed E-state index contributed by atoms with van der Waals surface area (Å²) in [6, 6.07) is 14.6. The van der Waals surface area contributed by atoms with Gasteiger partial charge in [0, 0.05) is 24.3 Å². The van der Waals surface area contributed by atoms with Crippen LogP contribution in [0.3, 0.4) is 0 Å². The van der Waals surface area contributed by atoms with E-state index in [1.54, 1.807) is 47.1 Å². The van der Waals surface area contributed by atoms with Crippen molar-refractivity contribution >= 4 is 33.9 Å². The fraction of sp³-hybridized carbons (Fsp3) is 0.0476. The number of imidazole rings is 1. The van der Waals surface area contributed by atoms with E-state index in [1.807, 2.05) is 24.3 Å². The van der Waals surface area contributed by atoms with Gasteiger partial charge in [-0.05, 0) is 24.3 Å². The Balaban J connectivity index is 1.73. The van der Waals surface area contributed by atoms with Crippen LogP contribution < -0.4 is 10.6 Å². The SMILES string of the molecule is C=CCNC(=O)c1nc(C(=O)Nc2cccc3cccnc23)c2ccccn12. The van der Waals surface area contributed by atoms with Crippen LogP contribution in [0, 0.1) is 0 Å². The second kappa shape index (κ2) is 7.32. The molecule has 0 fully saturated rings. The van der Waals surface area contributed by atoms with Crippen molar-refractivity contribution in [2.75, 3.05) is 11.9 Å². The molecule has 0 aliphatic heterocycles. The van der Waals surface area contributed by atoms with Crippen molar-refractivity contribution in [2.45, 2.75) is 0 Å². The van der Waals surface area contributed by atoms with Gasteiger partial charge in [0.2, 0.25) is 5.82 Å². The van der Waals surface area contributed by atoms with Crippen molar-refractivity contribution < 1.29 is 9.59 Å². The highest BCUT2D eigenvalue weighted by molar-refractivity contribution is 6.11. The molecular weight excluding hydrogens is 354 g/mol. The van der Waals surface area contributed by atoms with E-state index in [1.165, 1.54) is 0 Å². The van der Waals surface area contributed by atoms with Crippen LogP contribution in [0.15, 0.2) is 73.6 Å². The fourth-order valence-corrected chi connectivity index (χ4v) is 3.00. The number of carbonyl (C=O) groups is 2. The van der Waals surface area contributed by atoms with Gasteiger partial charge in [0.05, 0.1) is 16.7 Å². The van der Waals surface area contributed by atoms with Crippen LogP contribution in [-0.4, -0.2) is 32.7 Å². The lowest BCUT2D eigenvalue weighted by atomic mass is 10.2. The number of amides is 2. The maximum Gasteiger partial charge on any atom is 0.287 e. The van der Waals surface area contributed by atoms with Crippen LogP contribution in [0.2, 0.25) is 0 Å². The van der Waals surface area contributed by atoms with Crippen molar-refractivity contribution in [1.29, 1.82) is 0 Å². The molecule has 3 heterocycles. The number of aromatic nitrogens is 3. The maximum absolute atomic E-state index is 13.0. The zero-order valence-corrected chi connectivity index (χ0v) is 14.9. The Bertz CT molecular complexity index is 1210. The first-order valence-corrected chi connectivity index (χ1v) is 8.70. The van der Waals surface area contributed by atoms with Gasteiger partial charge in [0.1, 0.15) is 0 Å². The molecule has 28 heavy (non-hydrogen) atoms. The minimum absolute atomic E-state index is 0.138. The van der Waals surface area contributed by atoms with Crippen LogP contribution in [-0.2, 0) is 0 Å². The summed E-state index contributed by atoms with van der Waals surface area (Å²) in [7, 11) is 0. The van der Waals surface area contributed by atoms with E-state index in [4.69, 9.17) is 0 Å². The number of para-hydroxylation sites is 1. The van der Waals surface area contributed by atoms with E-state index in [9.17, 15) is 9.59 Å². The van der Waals surface area contributed by atoms with Gasteiger partial charge in [-0.2, -0.15) is 0 Å². The Labute approximate surface area is 160 Å². The Morgan fingerprint density at radius 2 is 1.93 bits per heavy atom. The highest BCUT2D eigenvalue weighted by Crippen LogP contribution is 2.22. The maximum atomic E-state index is 13.0. The first kappa shape index (κ1) is 17.4. The first-order chi connectivity index (χ1) is 13.7. The summed E-state index contributed by atoms with van der Waals surface area (Å²) < 4.78 is 1.59. The molecule has 4 aromatic rings. The third kappa shape index (κ3) is 3.09. The van der Waals surface area contributed by atoms with Gasteiger partial charge in [-0.1, -0.05) is 30.3 Å². The first-order valence-electron chi connectivity index (χ1n) is 8.70. The average Bonchev–Trinajstić information content (AvgIpc) is 3.12. The monoisotopic (exact) mass is 371 g/mol. The molecule has 4 rings (SSSR count). The summed E-state index contributed by atoms with van der Waals surface area (Å²) in [6.45, 7) is 3.89. The number of nitrogens with zero attached hydrogens (tertiary/aromatic N) is 3. The number of carbonyl (C=O) groups excluding carboxylic acids is 2. The summed E-state index contributed by atoms with van der Waals surface area (Å²) in [5.41, 5.74) is 1.97. The quantitative estimate of drug-likeness (QED) is 0.528. The summed E-state index contributed by atoms with van der Waals surface area (Å²) in [4.78, 5) is 34.0. The van der Waals surface area contributed by atoms with E-state index in [0.29, 0.717) is 23.3 Å². The van der Waals surface area contributed by atoms with Crippen LogP contribution in [0.25, 0.3) is 16.4 Å². The number of pyridine rings is 2. The van der Waals surface area contributed by atoms with Crippen molar-refractivity contribution in [3.8, 4) is 0 Å². The van der Waals surface area contributed by atoms with E-state index in [0.717, 1.165) is 5.39 Å². The van der Waals surface area contributed by atoms with E-state index >= 15 is 0 Å². The third-order valence-electron chi connectivity index (χ3n) is 4.25. The molecule has 0 aliphatic carbocycles. The number of benzene rings is 1. The number of nitrogens with one attached hydrogen (secondary N) is 2. The van der Waals surface area contributed by atoms with Gasteiger partial charge < -0.3 is 10.6 Å². The molecule has 0 spiro atoms. The van der Waals surface area contributed by atoms with Crippen molar-refractivity contribution in [3.05, 3.63) is 85.1 Å². The summed E-state index contributed by atoms with van der Waals surface area (Å²) >= 11 is 0. The molecule has 7 heteroatoms. The third-order valence-corrected chi connectivity index (χ3v) is 4.25. The van der Waals surface area contributed by atoms with Gasteiger partial charge in [0.15, 0.2) is 5.69 Å². The molecule has 7 nitrogen and oxygen atoms in total. The normalized spacial score (nSPS) is 10.7. The number of rotatable bonds is 5. The zero-order valence-electron chi connectivity index (χ0n) is 14.9. The molecule has 138 valence electrons. The van der Waals surface area contributed by atoms with Crippen LogP contribution in [0.1, 0.15) is 21.1 Å². The number of hydrogen-bond acceptors (Lipinski definition) is 4. The lowest BCUT2D eigenvalue weighted by molar-refractivity contribution is 0.0947. The molecule has 2 N–H and O–H groups in total. The summed E-state index contributed by atoms with van der Waals surface area (Å²) in [6.07, 6.45) is 4.95. The molecule has 0 bridgehead atoms. The number of hydrogen-bond donors (Lipinski definition) is 2. The van der Waals surface area contributed by atoms with E-state index in [-0.39, 0.29) is 17.4 Å². The lowest BCUT2D eigenvalue weighted by Gasteiger charge is -2.06. The molecule has 0 unspecified atom stereocenters. The molecule has 0 aliphatic rings. The molecule has 0 atom stereocenters. The van der Waals surface area contributed by atoms with Crippen LogP contribution in [0.4, 0.5) is 5.69 Å². The molecule has 2 amide bonds. The largest absolute Gasteiger partial charge is 0.346 e. The highest BCUT2D eigenvalue weighted by Gasteiger charge is 2.21. The molecule has 1 aromatic carbocycles. The van der Waals surface area contributed by atoms with Gasteiger partial charge >= 0.3 is 0 Å². The fourth-order valence-electron chi connectivity index (χ4n) is 3.00. The lowest BCUT2D eigenvalue weighted by Crippen LogP contribution is -2.25. The van der Waals surface area contributed by atoms with Crippen molar-refractivity contribution in [1.82, 2.24) is 19.7 Å². The van der Waals surface area contributed by atoms with Crippen LogP contribution in [0.5, 0.6) is 0 Å². The minimum Gasteiger partial charge on any atom is -0.346 e. The second-order valence-corrected chi connectivity index (χ2v) is 6.07. The van der Waals surface area contributed by atoms with Crippen molar-refractivity contribution in [3.63, 3.8) is 0 Å². The van der Waals surface area contributed by atoms with Crippen molar-refractivity contribution in [2.24, 2.45) is 0 Å². The molecule has 0 radical (unpaired) electrons. The smallest absolute Gasteiger partial charge is 0.287 e. The topological polar surface area (TPSA) is 88.4 Å². The average molecular weight is 371 g/mol. The van der Waals surface area contributed by atoms with E-state index < -0.39 is 5.91 Å². The predicted octanol–water partition coefficient (Wildman–Crippen LogP) is 3.05. The van der Waals surface area contributed by atoms with Gasteiger partial charge in [-0.15, -0.1) is 6.58 Å². The highest BCUT2D eigenvalue weighted by atomic mass is 16.2. The van der Waals surface area contributed by atoms with Crippen LogP contribution >= 0.6 is 0 Å². The van der Waals surface area contributed by atoms with E-state index in [2.05, 4.69) is 27.2 Å². The van der Waals surface area contributed by atoms with Gasteiger partial charge in [0.25, 0.3) is 11.8 Å². The Morgan fingerprint density at radius 3 is 2.79 bits per heavy atom. The summed E-state index contributed by atoms with van der Waals surface area (Å²) in [5, 5.41) is 6.46. The molecule has 0 saturated heterocycles. The number of fused-ring (bicyclic) bond motifs is 2. The standard InChI is InChI=1S/C21H17N5O2/c1-2-11-23-21(28)19-25-18(16-10-3-4-13-26(16)19)20(27)24-15-9-5-7-14-8-6-12-22-17(14)15/h2-10,12-13H,1,11H2,(H,23,28)(H,24,27). The number of anilines is 1. The Hall–Kier alpha value is -4.00. The Kier molecular flexibility index (Phi) is 4.55. The molecule has 0 saturated carbocycles. The van der Waals surface area contributed by atoms with Gasteiger partial charge in [-0.3, -0.25) is 19.0 Å². The second-order valence-electron chi connectivity index (χ2n) is 6.07.